The molecule has 108 valence electrons. The van der Waals surface area contributed by atoms with Gasteiger partial charge in [0.15, 0.2) is 0 Å². The van der Waals surface area contributed by atoms with Gasteiger partial charge in [0.05, 0.1) is 0 Å². The van der Waals surface area contributed by atoms with Gasteiger partial charge in [-0.1, -0.05) is 46.5 Å². The van der Waals surface area contributed by atoms with Gasteiger partial charge in [-0.25, -0.2) is 0 Å². The van der Waals surface area contributed by atoms with Gasteiger partial charge in [-0.05, 0) is 38.6 Å². The maximum Gasteiger partial charge on any atom is 0.0201 e. The highest BCUT2D eigenvalue weighted by Crippen LogP contribution is 2.34. The van der Waals surface area contributed by atoms with Crippen molar-refractivity contribution in [2.45, 2.75) is 95.1 Å². The third-order valence-electron chi connectivity index (χ3n) is 4.03. The SMILES string of the molecule is CCCNC(CCC)C(CC)SC1CCCCC1. The van der Waals surface area contributed by atoms with Crippen molar-refractivity contribution in [3.8, 4) is 0 Å². The fourth-order valence-corrected chi connectivity index (χ4v) is 4.70. The molecule has 18 heavy (non-hydrogen) atoms. The van der Waals surface area contributed by atoms with Crippen LogP contribution in [0.25, 0.3) is 0 Å². The Morgan fingerprint density at radius 3 is 2.33 bits per heavy atom. The maximum atomic E-state index is 3.79. The average molecular weight is 272 g/mol. The molecule has 1 nitrogen and oxygen atoms in total. The van der Waals surface area contributed by atoms with E-state index in [-0.39, 0.29) is 0 Å². The van der Waals surface area contributed by atoms with Crippen LogP contribution in [0.1, 0.15) is 78.6 Å². The number of hydrogen-bond donors (Lipinski definition) is 1. The smallest absolute Gasteiger partial charge is 0.0201 e. The average Bonchev–Trinajstić information content (AvgIpc) is 2.42. The lowest BCUT2D eigenvalue weighted by atomic mass is 10.0. The minimum absolute atomic E-state index is 0.742. The molecule has 1 saturated carbocycles. The van der Waals surface area contributed by atoms with E-state index in [0.29, 0.717) is 0 Å². The van der Waals surface area contributed by atoms with Gasteiger partial charge in [-0.2, -0.15) is 11.8 Å². The van der Waals surface area contributed by atoms with Gasteiger partial charge in [0, 0.05) is 16.5 Å². The minimum atomic E-state index is 0.742. The first-order valence-corrected chi connectivity index (χ1v) is 9.14. The summed E-state index contributed by atoms with van der Waals surface area (Å²) >= 11 is 2.30. The molecule has 1 rings (SSSR count). The molecule has 0 radical (unpaired) electrons. The normalized spacial score (nSPS) is 20.8. The van der Waals surface area contributed by atoms with E-state index in [4.69, 9.17) is 0 Å². The third-order valence-corrected chi connectivity index (χ3v) is 5.89. The van der Waals surface area contributed by atoms with Crippen LogP contribution in [0.5, 0.6) is 0 Å². The van der Waals surface area contributed by atoms with E-state index in [1.165, 1.54) is 64.3 Å². The van der Waals surface area contributed by atoms with Gasteiger partial charge < -0.3 is 5.32 Å². The molecular formula is C16H33NS. The molecule has 0 amide bonds. The zero-order chi connectivity index (χ0) is 13.2. The van der Waals surface area contributed by atoms with Crippen molar-refractivity contribution in [2.75, 3.05) is 6.54 Å². The van der Waals surface area contributed by atoms with E-state index in [2.05, 4.69) is 37.8 Å². The summed E-state index contributed by atoms with van der Waals surface area (Å²) in [5.41, 5.74) is 0. The molecule has 0 aromatic carbocycles. The van der Waals surface area contributed by atoms with Crippen molar-refractivity contribution < 1.29 is 0 Å². The number of hydrogen-bond acceptors (Lipinski definition) is 2. The Morgan fingerprint density at radius 2 is 1.78 bits per heavy atom. The summed E-state index contributed by atoms with van der Waals surface area (Å²) < 4.78 is 0. The Bertz CT molecular complexity index is 190. The van der Waals surface area contributed by atoms with Gasteiger partial charge in [-0.15, -0.1) is 0 Å². The van der Waals surface area contributed by atoms with Crippen LogP contribution < -0.4 is 5.32 Å². The Kier molecular flexibility index (Phi) is 9.22. The molecule has 0 heterocycles. The summed E-state index contributed by atoms with van der Waals surface area (Å²) in [4.78, 5) is 0. The molecule has 0 bridgehead atoms. The van der Waals surface area contributed by atoms with Crippen molar-refractivity contribution in [1.82, 2.24) is 5.32 Å². The lowest BCUT2D eigenvalue weighted by Crippen LogP contribution is -2.39. The first-order valence-electron chi connectivity index (χ1n) is 8.20. The van der Waals surface area contributed by atoms with Gasteiger partial charge in [0.1, 0.15) is 0 Å². The predicted molar refractivity (Wildman–Crippen MR) is 85.5 cm³/mol. The van der Waals surface area contributed by atoms with Crippen molar-refractivity contribution in [3.05, 3.63) is 0 Å². The molecular weight excluding hydrogens is 238 g/mol. The number of thioether (sulfide) groups is 1. The summed E-state index contributed by atoms with van der Waals surface area (Å²) in [5, 5.41) is 5.57. The zero-order valence-electron chi connectivity index (χ0n) is 12.7. The van der Waals surface area contributed by atoms with E-state index in [1.807, 2.05) is 0 Å². The van der Waals surface area contributed by atoms with E-state index < -0.39 is 0 Å². The van der Waals surface area contributed by atoms with E-state index in [1.54, 1.807) is 0 Å². The summed E-state index contributed by atoms with van der Waals surface area (Å²) in [6.45, 7) is 8.15. The van der Waals surface area contributed by atoms with Crippen molar-refractivity contribution in [1.29, 1.82) is 0 Å². The van der Waals surface area contributed by atoms with Crippen LogP contribution in [0, 0.1) is 0 Å². The van der Waals surface area contributed by atoms with Crippen LogP contribution in [-0.2, 0) is 0 Å². The standard InChI is InChI=1S/C16H33NS/c1-4-10-15(17-13-5-2)16(6-3)18-14-11-8-7-9-12-14/h14-17H,4-13H2,1-3H3. The second-order valence-electron chi connectivity index (χ2n) is 5.69. The summed E-state index contributed by atoms with van der Waals surface area (Å²) in [7, 11) is 0. The van der Waals surface area contributed by atoms with Crippen LogP contribution in [0.3, 0.4) is 0 Å². The molecule has 1 fully saturated rings. The van der Waals surface area contributed by atoms with Crippen molar-refractivity contribution in [3.63, 3.8) is 0 Å². The molecule has 0 aromatic heterocycles. The Balaban J connectivity index is 2.42. The summed E-state index contributed by atoms with van der Waals surface area (Å²) in [6, 6.07) is 0.742. The quantitative estimate of drug-likeness (QED) is 0.633. The second kappa shape index (κ2) is 10.1. The minimum Gasteiger partial charge on any atom is -0.313 e. The first kappa shape index (κ1) is 16.4. The summed E-state index contributed by atoms with van der Waals surface area (Å²) in [6.07, 6.45) is 12.6. The monoisotopic (exact) mass is 271 g/mol. The van der Waals surface area contributed by atoms with E-state index in [0.717, 1.165) is 16.5 Å². The summed E-state index contributed by atoms with van der Waals surface area (Å²) in [5.74, 6) is 0. The molecule has 1 N–H and O–H groups in total. The molecule has 2 unspecified atom stereocenters. The third kappa shape index (κ3) is 5.97. The van der Waals surface area contributed by atoms with Gasteiger partial charge in [-0.3, -0.25) is 0 Å². The van der Waals surface area contributed by atoms with Crippen LogP contribution in [0.2, 0.25) is 0 Å². The Hall–Kier alpha value is 0.310. The first-order chi connectivity index (χ1) is 8.81. The largest absolute Gasteiger partial charge is 0.313 e. The Labute approximate surface area is 119 Å². The van der Waals surface area contributed by atoms with Gasteiger partial charge in [0.2, 0.25) is 0 Å². The van der Waals surface area contributed by atoms with Crippen LogP contribution >= 0.6 is 11.8 Å². The van der Waals surface area contributed by atoms with Gasteiger partial charge in [0.25, 0.3) is 0 Å². The molecule has 0 aliphatic heterocycles. The molecule has 0 aromatic rings. The highest BCUT2D eigenvalue weighted by Gasteiger charge is 2.24. The molecule has 2 heteroatoms. The van der Waals surface area contributed by atoms with Crippen LogP contribution in [0.15, 0.2) is 0 Å². The fraction of sp³-hybridized carbons (Fsp3) is 1.00. The highest BCUT2D eigenvalue weighted by molar-refractivity contribution is 8.00. The number of nitrogens with one attached hydrogen (secondary N) is 1. The fourth-order valence-electron chi connectivity index (χ4n) is 2.98. The highest BCUT2D eigenvalue weighted by atomic mass is 32.2. The zero-order valence-corrected chi connectivity index (χ0v) is 13.5. The molecule has 2 atom stereocenters. The Morgan fingerprint density at radius 1 is 1.06 bits per heavy atom. The topological polar surface area (TPSA) is 12.0 Å². The van der Waals surface area contributed by atoms with Crippen molar-refractivity contribution in [2.24, 2.45) is 0 Å². The molecule has 0 saturated heterocycles. The van der Waals surface area contributed by atoms with E-state index in [9.17, 15) is 0 Å². The lowest BCUT2D eigenvalue weighted by Gasteiger charge is -2.31. The van der Waals surface area contributed by atoms with Gasteiger partial charge >= 0.3 is 0 Å². The second-order valence-corrected chi connectivity index (χ2v) is 7.24. The van der Waals surface area contributed by atoms with E-state index >= 15 is 0 Å². The predicted octanol–water partition coefficient (Wildman–Crippen LogP) is 5.00. The lowest BCUT2D eigenvalue weighted by molar-refractivity contribution is 0.449. The molecule has 1 aliphatic carbocycles. The maximum absolute atomic E-state index is 3.79. The van der Waals surface area contributed by atoms with Crippen molar-refractivity contribution >= 4 is 11.8 Å². The van der Waals surface area contributed by atoms with Crippen LogP contribution in [0.4, 0.5) is 0 Å². The molecule has 1 aliphatic rings. The number of rotatable bonds is 9. The van der Waals surface area contributed by atoms with Crippen LogP contribution in [-0.4, -0.2) is 23.1 Å². The molecule has 0 spiro atoms.